The second-order valence-corrected chi connectivity index (χ2v) is 8.39. The fourth-order valence-corrected chi connectivity index (χ4v) is 3.95. The number of likely N-dealkylation sites (tertiary alicyclic amines) is 1. The van der Waals surface area contributed by atoms with Gasteiger partial charge in [-0.25, -0.2) is 9.78 Å². The number of nitrogens with zero attached hydrogens (tertiary/aromatic N) is 3. The largest absolute Gasteiger partial charge is 0.494 e. The molecule has 1 aliphatic heterocycles. The molecule has 1 atom stereocenters. The lowest BCUT2D eigenvalue weighted by Gasteiger charge is -2.33. The van der Waals surface area contributed by atoms with E-state index in [0.29, 0.717) is 31.3 Å². The second-order valence-electron chi connectivity index (χ2n) is 8.39. The highest BCUT2D eigenvalue weighted by Gasteiger charge is 2.24. The van der Waals surface area contributed by atoms with E-state index < -0.39 is 0 Å². The Morgan fingerprint density at radius 2 is 2.21 bits per heavy atom. The number of amides is 2. The van der Waals surface area contributed by atoms with Gasteiger partial charge < -0.3 is 24.2 Å². The van der Waals surface area contributed by atoms with Gasteiger partial charge in [-0.1, -0.05) is 35.9 Å². The van der Waals surface area contributed by atoms with E-state index in [-0.39, 0.29) is 11.9 Å². The van der Waals surface area contributed by atoms with Gasteiger partial charge in [0.25, 0.3) is 0 Å². The normalized spacial score (nSPS) is 16.9. The molecule has 34 heavy (non-hydrogen) atoms. The molecule has 0 bridgehead atoms. The van der Waals surface area contributed by atoms with Gasteiger partial charge in [0.2, 0.25) is 5.88 Å². The number of urea groups is 1. The average Bonchev–Trinajstić information content (AvgIpc) is 3.37. The first-order chi connectivity index (χ1) is 16.6. The maximum Gasteiger partial charge on any atom is 0.321 e. The number of ether oxygens (including phenoxy) is 2. The molecular weight excluding hydrogens is 432 g/mol. The highest BCUT2D eigenvalue weighted by atomic mass is 16.5. The lowest BCUT2D eigenvalue weighted by atomic mass is 9.91. The summed E-state index contributed by atoms with van der Waals surface area (Å²) in [5.41, 5.74) is 4.18. The Hall–Kier alpha value is -3.81. The molecule has 0 radical (unpaired) electrons. The van der Waals surface area contributed by atoms with Gasteiger partial charge >= 0.3 is 6.03 Å². The number of nitrogens with one attached hydrogen (secondary N) is 1. The zero-order valence-electron chi connectivity index (χ0n) is 19.6. The molecule has 1 N–H and O–H groups in total. The van der Waals surface area contributed by atoms with E-state index >= 15 is 0 Å². The summed E-state index contributed by atoms with van der Waals surface area (Å²) in [7, 11) is 1.56. The molecule has 0 spiro atoms. The highest BCUT2D eigenvalue weighted by Crippen LogP contribution is 2.26. The maximum atomic E-state index is 12.7. The van der Waals surface area contributed by atoms with E-state index in [2.05, 4.69) is 40.6 Å². The Morgan fingerprint density at radius 1 is 1.29 bits per heavy atom. The lowest BCUT2D eigenvalue weighted by Crippen LogP contribution is -2.42. The summed E-state index contributed by atoms with van der Waals surface area (Å²) in [5, 5.41) is 6.63. The number of aromatic nitrogens is 2. The molecule has 0 saturated carbocycles. The number of carbonyl (C=O) groups is 1. The minimum absolute atomic E-state index is 0.112. The van der Waals surface area contributed by atoms with Crippen LogP contribution in [0.25, 0.3) is 6.08 Å². The van der Waals surface area contributed by atoms with Crippen LogP contribution in [0.15, 0.2) is 65.2 Å². The number of aryl methyl sites for hydroxylation is 1. The van der Waals surface area contributed by atoms with Crippen LogP contribution in [0, 0.1) is 5.92 Å². The summed E-state index contributed by atoms with van der Waals surface area (Å²) in [6, 6.07) is 11.5. The van der Waals surface area contributed by atoms with Gasteiger partial charge in [0, 0.05) is 24.7 Å². The van der Waals surface area contributed by atoms with Crippen molar-refractivity contribution in [3.05, 3.63) is 71.8 Å². The third kappa shape index (κ3) is 6.37. The van der Waals surface area contributed by atoms with Gasteiger partial charge in [-0.05, 0) is 48.9 Å². The number of piperidine rings is 1. The van der Waals surface area contributed by atoms with Crippen molar-refractivity contribution in [1.82, 2.24) is 15.0 Å². The molecule has 3 aromatic rings. The topological polar surface area (TPSA) is 89.7 Å². The van der Waals surface area contributed by atoms with Crippen molar-refractivity contribution < 1.29 is 18.8 Å². The Morgan fingerprint density at radius 3 is 2.94 bits per heavy atom. The van der Waals surface area contributed by atoms with Crippen molar-refractivity contribution in [3.8, 4) is 11.6 Å². The number of rotatable bonds is 8. The van der Waals surface area contributed by atoms with E-state index in [1.807, 2.05) is 17.0 Å². The first kappa shape index (κ1) is 23.4. The lowest BCUT2D eigenvalue weighted by molar-refractivity contribution is 0.198. The van der Waals surface area contributed by atoms with Gasteiger partial charge in [0.05, 0.1) is 31.8 Å². The van der Waals surface area contributed by atoms with Crippen LogP contribution in [0.1, 0.15) is 30.9 Å². The summed E-state index contributed by atoms with van der Waals surface area (Å²) in [6.45, 7) is 4.13. The number of methoxy groups -OCH3 is 1. The van der Waals surface area contributed by atoms with Crippen LogP contribution in [0.3, 0.4) is 0 Å². The third-order valence-corrected chi connectivity index (χ3v) is 5.85. The summed E-state index contributed by atoms with van der Waals surface area (Å²) in [6.07, 6.45) is 9.83. The molecule has 1 saturated heterocycles. The van der Waals surface area contributed by atoms with Crippen LogP contribution in [0.2, 0.25) is 0 Å². The Balaban J connectivity index is 1.28. The van der Waals surface area contributed by atoms with E-state index in [4.69, 9.17) is 14.0 Å². The predicted molar refractivity (Wildman–Crippen MR) is 130 cm³/mol. The van der Waals surface area contributed by atoms with Crippen LogP contribution in [-0.2, 0) is 6.42 Å². The molecule has 0 aliphatic carbocycles. The quantitative estimate of drug-likeness (QED) is 0.471. The van der Waals surface area contributed by atoms with Crippen molar-refractivity contribution in [2.45, 2.75) is 26.2 Å². The van der Waals surface area contributed by atoms with Gasteiger partial charge in [-0.2, -0.15) is 0 Å². The van der Waals surface area contributed by atoms with E-state index in [1.165, 1.54) is 5.57 Å². The molecular formula is C26H30N4O4. The summed E-state index contributed by atoms with van der Waals surface area (Å²) in [5.74, 6) is 1.64. The minimum atomic E-state index is -0.112. The van der Waals surface area contributed by atoms with Crippen LogP contribution < -0.4 is 14.8 Å². The summed E-state index contributed by atoms with van der Waals surface area (Å²) >= 11 is 0. The number of hydrogen-bond acceptors (Lipinski definition) is 6. The molecule has 4 rings (SSSR count). The van der Waals surface area contributed by atoms with Gasteiger partial charge in [0.15, 0.2) is 0 Å². The second kappa shape index (κ2) is 11.4. The zero-order chi connectivity index (χ0) is 23.8. The van der Waals surface area contributed by atoms with Crippen molar-refractivity contribution in [2.24, 2.45) is 5.92 Å². The average molecular weight is 463 g/mol. The molecule has 1 unspecified atom stereocenters. The molecule has 8 heteroatoms. The highest BCUT2D eigenvalue weighted by molar-refractivity contribution is 5.89. The molecule has 8 nitrogen and oxygen atoms in total. The number of anilines is 1. The fraction of sp³-hybridized carbons (Fsp3) is 0.346. The van der Waals surface area contributed by atoms with Crippen LogP contribution in [0.4, 0.5) is 10.5 Å². The molecule has 3 heterocycles. The minimum Gasteiger partial charge on any atom is -0.494 e. The van der Waals surface area contributed by atoms with Crippen LogP contribution in [0.5, 0.6) is 11.6 Å². The van der Waals surface area contributed by atoms with Crippen LogP contribution >= 0.6 is 0 Å². The predicted octanol–water partition coefficient (Wildman–Crippen LogP) is 5.05. The SMILES string of the molecule is COc1ccc(NC(=O)N2CCC(=Cc3cccc(OCCCc4cnoc4)c3)C(C)C2)cn1. The van der Waals surface area contributed by atoms with E-state index in [0.717, 1.165) is 36.1 Å². The maximum absolute atomic E-state index is 12.7. The monoisotopic (exact) mass is 462 g/mol. The molecule has 2 amide bonds. The number of carbonyl (C=O) groups excluding carboxylic acids is 1. The third-order valence-electron chi connectivity index (χ3n) is 5.85. The standard InChI is InChI=1S/C26H30N4O4/c1-19-17-30(26(31)29-23-8-9-25(32-2)27-16-23)11-10-22(19)13-20-5-3-7-24(14-20)33-12-4-6-21-15-28-34-18-21/h3,5,7-9,13-16,18-19H,4,6,10-12,17H2,1-2H3,(H,29,31). The molecule has 2 aromatic heterocycles. The molecule has 1 aromatic carbocycles. The summed E-state index contributed by atoms with van der Waals surface area (Å²) in [4.78, 5) is 18.7. The zero-order valence-corrected chi connectivity index (χ0v) is 19.6. The molecule has 178 valence electrons. The first-order valence-electron chi connectivity index (χ1n) is 11.5. The van der Waals surface area contributed by atoms with Gasteiger partial charge in [0.1, 0.15) is 12.0 Å². The van der Waals surface area contributed by atoms with Crippen molar-refractivity contribution in [3.63, 3.8) is 0 Å². The van der Waals surface area contributed by atoms with Crippen molar-refractivity contribution in [1.29, 1.82) is 0 Å². The van der Waals surface area contributed by atoms with Gasteiger partial charge in [-0.15, -0.1) is 0 Å². The van der Waals surface area contributed by atoms with Crippen LogP contribution in [-0.4, -0.2) is 47.9 Å². The Kier molecular flexibility index (Phi) is 7.80. The first-order valence-corrected chi connectivity index (χ1v) is 11.5. The Labute approximate surface area is 199 Å². The van der Waals surface area contributed by atoms with Crippen molar-refractivity contribution >= 4 is 17.8 Å². The number of hydrogen-bond donors (Lipinski definition) is 1. The smallest absolute Gasteiger partial charge is 0.321 e. The number of pyridine rings is 1. The summed E-state index contributed by atoms with van der Waals surface area (Å²) < 4.78 is 15.8. The molecule has 1 aliphatic rings. The van der Waals surface area contributed by atoms with Crippen molar-refractivity contribution in [2.75, 3.05) is 32.1 Å². The van der Waals surface area contributed by atoms with E-state index in [9.17, 15) is 4.79 Å². The Bertz CT molecular complexity index is 1100. The van der Waals surface area contributed by atoms with Gasteiger partial charge in [-0.3, -0.25) is 0 Å². The fourth-order valence-electron chi connectivity index (χ4n) is 3.95. The van der Waals surface area contributed by atoms with E-state index in [1.54, 1.807) is 37.9 Å². The molecule has 1 fully saturated rings. The number of benzene rings is 1.